The lowest BCUT2D eigenvalue weighted by Crippen LogP contribution is -2.39. The summed E-state index contributed by atoms with van der Waals surface area (Å²) in [6.07, 6.45) is 0.401. The molecule has 0 aliphatic rings. The lowest BCUT2D eigenvalue weighted by molar-refractivity contribution is -0.141. The number of rotatable bonds is 8. The Morgan fingerprint density at radius 2 is 2.06 bits per heavy atom. The van der Waals surface area contributed by atoms with E-state index in [0.717, 1.165) is 5.75 Å². The Morgan fingerprint density at radius 1 is 1.44 bits per heavy atom. The number of carboxylic acids is 1. The van der Waals surface area contributed by atoms with Gasteiger partial charge in [0.2, 0.25) is 5.91 Å². The normalized spacial score (nSPS) is 14.2. The van der Waals surface area contributed by atoms with Gasteiger partial charge in [0.05, 0.1) is 0 Å². The second-order valence-electron chi connectivity index (χ2n) is 3.74. The van der Waals surface area contributed by atoms with Crippen LogP contribution >= 0.6 is 11.8 Å². The molecule has 5 nitrogen and oxygen atoms in total. The van der Waals surface area contributed by atoms with Crippen molar-refractivity contribution in [2.45, 2.75) is 26.3 Å². The molecule has 6 heteroatoms. The van der Waals surface area contributed by atoms with Gasteiger partial charge in [0, 0.05) is 13.5 Å². The monoisotopic (exact) mass is 249 g/mol. The summed E-state index contributed by atoms with van der Waals surface area (Å²) < 4.78 is 0. The van der Waals surface area contributed by atoms with Crippen LogP contribution in [0.2, 0.25) is 0 Å². The highest BCUT2D eigenvalue weighted by Crippen LogP contribution is 2.10. The molecule has 0 aromatic heterocycles. The Kier molecular flexibility index (Phi) is 8.01. The van der Waals surface area contributed by atoms with Crippen LogP contribution in [0.4, 0.5) is 0 Å². The maximum Gasteiger partial charge on any atom is 0.326 e. The number of carboxylic acid groups (broad SMARTS) is 1. The maximum atomic E-state index is 10.8. The molecular formula is C10H19NO4S. The molecule has 0 fully saturated rings. The molecule has 0 spiro atoms. The summed E-state index contributed by atoms with van der Waals surface area (Å²) in [5.74, 6) is 0.325. The van der Waals surface area contributed by atoms with Gasteiger partial charge in [-0.05, 0) is 23.8 Å². The van der Waals surface area contributed by atoms with Crippen molar-refractivity contribution in [1.82, 2.24) is 5.32 Å². The lowest BCUT2D eigenvalue weighted by Gasteiger charge is -2.13. The molecule has 0 heterocycles. The molecule has 0 saturated carbocycles. The van der Waals surface area contributed by atoms with E-state index in [-0.39, 0.29) is 18.4 Å². The Labute approximate surface area is 99.6 Å². The molecule has 0 aromatic carbocycles. The van der Waals surface area contributed by atoms with Crippen LogP contribution in [0.3, 0.4) is 0 Å². The van der Waals surface area contributed by atoms with Crippen LogP contribution in [0.15, 0.2) is 0 Å². The van der Waals surface area contributed by atoms with Crippen LogP contribution in [-0.2, 0) is 9.59 Å². The fourth-order valence-electron chi connectivity index (χ4n) is 1.04. The molecule has 16 heavy (non-hydrogen) atoms. The minimum atomic E-state index is -1.01. The molecular weight excluding hydrogens is 230 g/mol. The largest absolute Gasteiger partial charge is 0.480 e. The van der Waals surface area contributed by atoms with Crippen molar-refractivity contribution in [2.75, 3.05) is 18.1 Å². The van der Waals surface area contributed by atoms with E-state index in [1.54, 1.807) is 11.8 Å². The highest BCUT2D eigenvalue weighted by molar-refractivity contribution is 7.99. The number of hydrogen-bond donors (Lipinski definition) is 3. The van der Waals surface area contributed by atoms with Crippen LogP contribution in [0.5, 0.6) is 0 Å². The predicted molar refractivity (Wildman–Crippen MR) is 63.4 cm³/mol. The quantitative estimate of drug-likeness (QED) is 0.540. The Hall–Kier alpha value is -0.750. The van der Waals surface area contributed by atoms with Gasteiger partial charge in [-0.25, -0.2) is 4.79 Å². The zero-order valence-corrected chi connectivity index (χ0v) is 10.4. The smallest absolute Gasteiger partial charge is 0.326 e. The molecule has 94 valence electrons. The molecule has 2 atom stereocenters. The van der Waals surface area contributed by atoms with Gasteiger partial charge in [-0.15, -0.1) is 0 Å². The second kappa shape index (κ2) is 8.41. The molecule has 0 aliphatic heterocycles. The van der Waals surface area contributed by atoms with E-state index in [1.165, 1.54) is 6.92 Å². The van der Waals surface area contributed by atoms with Crippen molar-refractivity contribution in [3.63, 3.8) is 0 Å². The zero-order chi connectivity index (χ0) is 12.6. The standard InChI is InChI=1S/C10H19NO4S/c1-7(5-12)6-16-4-3-9(10(14)15)11-8(2)13/h7,9,12H,3-6H2,1-2H3,(H,11,13)(H,14,15). The predicted octanol–water partition coefficient (Wildman–Crippen LogP) is 0.327. The second-order valence-corrected chi connectivity index (χ2v) is 4.89. The van der Waals surface area contributed by atoms with E-state index in [0.29, 0.717) is 12.2 Å². The SMILES string of the molecule is CC(=O)NC(CCSCC(C)CO)C(=O)O. The minimum Gasteiger partial charge on any atom is -0.480 e. The van der Waals surface area contributed by atoms with Crippen molar-refractivity contribution in [1.29, 1.82) is 0 Å². The fourth-order valence-corrected chi connectivity index (χ4v) is 2.12. The average Bonchev–Trinajstić information content (AvgIpc) is 2.21. The molecule has 0 saturated heterocycles. The van der Waals surface area contributed by atoms with Crippen molar-refractivity contribution < 1.29 is 19.8 Å². The van der Waals surface area contributed by atoms with E-state index in [1.807, 2.05) is 6.92 Å². The van der Waals surface area contributed by atoms with Crippen molar-refractivity contribution >= 4 is 23.6 Å². The van der Waals surface area contributed by atoms with Crippen molar-refractivity contribution in [3.8, 4) is 0 Å². The number of aliphatic carboxylic acids is 1. The molecule has 0 aliphatic carbocycles. The third kappa shape index (κ3) is 7.53. The van der Waals surface area contributed by atoms with Gasteiger partial charge in [-0.1, -0.05) is 6.92 Å². The third-order valence-corrected chi connectivity index (χ3v) is 3.27. The van der Waals surface area contributed by atoms with Crippen LogP contribution < -0.4 is 5.32 Å². The van der Waals surface area contributed by atoms with Gasteiger partial charge in [-0.3, -0.25) is 4.79 Å². The molecule has 0 aromatic rings. The van der Waals surface area contributed by atoms with Gasteiger partial charge < -0.3 is 15.5 Å². The maximum absolute atomic E-state index is 10.8. The van der Waals surface area contributed by atoms with Gasteiger partial charge in [-0.2, -0.15) is 11.8 Å². The van der Waals surface area contributed by atoms with E-state index < -0.39 is 12.0 Å². The van der Waals surface area contributed by atoms with Gasteiger partial charge in [0.1, 0.15) is 6.04 Å². The Morgan fingerprint density at radius 3 is 2.50 bits per heavy atom. The molecule has 0 radical (unpaired) electrons. The third-order valence-electron chi connectivity index (χ3n) is 1.94. The highest BCUT2D eigenvalue weighted by atomic mass is 32.2. The van der Waals surface area contributed by atoms with Gasteiger partial charge >= 0.3 is 5.97 Å². The van der Waals surface area contributed by atoms with Crippen LogP contribution in [0.1, 0.15) is 20.3 Å². The lowest BCUT2D eigenvalue weighted by atomic mass is 10.2. The summed E-state index contributed by atoms with van der Waals surface area (Å²) in [7, 11) is 0. The van der Waals surface area contributed by atoms with Crippen molar-refractivity contribution in [2.24, 2.45) is 5.92 Å². The summed E-state index contributed by atoms with van der Waals surface area (Å²) in [6.45, 7) is 3.37. The molecule has 0 rings (SSSR count). The number of aliphatic hydroxyl groups excluding tert-OH is 1. The fraction of sp³-hybridized carbons (Fsp3) is 0.800. The number of nitrogens with one attached hydrogen (secondary N) is 1. The number of amides is 1. The van der Waals surface area contributed by atoms with E-state index in [2.05, 4.69) is 5.32 Å². The van der Waals surface area contributed by atoms with E-state index >= 15 is 0 Å². The number of hydrogen-bond acceptors (Lipinski definition) is 4. The summed E-state index contributed by atoms with van der Waals surface area (Å²) in [5, 5.41) is 20.0. The van der Waals surface area contributed by atoms with Crippen LogP contribution in [-0.4, -0.2) is 46.2 Å². The summed E-state index contributed by atoms with van der Waals surface area (Å²) in [4.78, 5) is 21.5. The molecule has 0 bridgehead atoms. The average molecular weight is 249 g/mol. The topological polar surface area (TPSA) is 86.6 Å². The number of aliphatic hydroxyl groups is 1. The number of carbonyl (C=O) groups is 2. The Balaban J connectivity index is 3.77. The van der Waals surface area contributed by atoms with Gasteiger partial charge in [0.25, 0.3) is 0 Å². The summed E-state index contributed by atoms with van der Waals surface area (Å²) in [6, 6.07) is -0.811. The van der Waals surface area contributed by atoms with Crippen LogP contribution in [0.25, 0.3) is 0 Å². The van der Waals surface area contributed by atoms with Gasteiger partial charge in [0.15, 0.2) is 0 Å². The first-order chi connectivity index (χ1) is 7.47. The molecule has 2 unspecified atom stereocenters. The summed E-state index contributed by atoms with van der Waals surface area (Å²) >= 11 is 1.58. The first kappa shape index (κ1) is 15.2. The first-order valence-electron chi connectivity index (χ1n) is 5.15. The first-order valence-corrected chi connectivity index (χ1v) is 6.31. The van der Waals surface area contributed by atoms with E-state index in [4.69, 9.17) is 10.2 Å². The molecule has 1 amide bonds. The van der Waals surface area contributed by atoms with Crippen LogP contribution in [0, 0.1) is 5.92 Å². The minimum absolute atomic E-state index is 0.140. The Bertz CT molecular complexity index is 235. The van der Waals surface area contributed by atoms with E-state index in [9.17, 15) is 9.59 Å². The van der Waals surface area contributed by atoms with Crippen molar-refractivity contribution in [3.05, 3.63) is 0 Å². The highest BCUT2D eigenvalue weighted by Gasteiger charge is 2.17. The number of carbonyl (C=O) groups excluding carboxylic acids is 1. The number of thioether (sulfide) groups is 1. The zero-order valence-electron chi connectivity index (χ0n) is 9.60. The summed E-state index contributed by atoms with van der Waals surface area (Å²) in [5.41, 5.74) is 0. The molecule has 3 N–H and O–H groups in total.